The topological polar surface area (TPSA) is 71.1 Å². The molecule has 1 aliphatic rings. The van der Waals surface area contributed by atoms with Crippen molar-refractivity contribution in [3.63, 3.8) is 0 Å². The number of fused-ring (bicyclic) bond motifs is 1. The van der Waals surface area contributed by atoms with E-state index in [-0.39, 0.29) is 17.7 Å². The van der Waals surface area contributed by atoms with Crippen molar-refractivity contribution < 1.29 is 9.59 Å². The van der Waals surface area contributed by atoms with Crippen LogP contribution in [0.25, 0.3) is 10.9 Å². The molecule has 1 fully saturated rings. The number of hydrogen-bond acceptors (Lipinski definition) is 3. The minimum absolute atomic E-state index is 0.0233. The normalized spacial score (nSPS) is 18.3. The minimum atomic E-state index is -0.225. The van der Waals surface area contributed by atoms with E-state index in [1.165, 1.54) is 0 Å². The van der Waals surface area contributed by atoms with Gasteiger partial charge in [-0.2, -0.15) is 0 Å². The molecule has 0 spiro atoms. The Morgan fingerprint density at radius 1 is 1.04 bits per heavy atom. The van der Waals surface area contributed by atoms with Gasteiger partial charge in [-0.15, -0.1) is 0 Å². The van der Waals surface area contributed by atoms with Crippen LogP contribution in [0.5, 0.6) is 0 Å². The first-order valence-electron chi connectivity index (χ1n) is 8.68. The summed E-state index contributed by atoms with van der Waals surface area (Å²) in [4.78, 5) is 29.0. The molecule has 1 aliphatic carbocycles. The third-order valence-corrected chi connectivity index (χ3v) is 4.73. The highest BCUT2D eigenvalue weighted by atomic mass is 16.2. The van der Waals surface area contributed by atoms with E-state index in [2.05, 4.69) is 22.5 Å². The van der Waals surface area contributed by atoms with Crippen LogP contribution >= 0.6 is 0 Å². The summed E-state index contributed by atoms with van der Waals surface area (Å²) in [5, 5.41) is 6.71. The molecule has 2 unspecified atom stereocenters. The molecule has 0 bridgehead atoms. The second-order valence-electron chi connectivity index (χ2n) is 6.72. The molecule has 2 amide bonds. The average Bonchev–Trinajstić information content (AvgIpc) is 3.39. The smallest absolute Gasteiger partial charge is 0.255 e. The summed E-state index contributed by atoms with van der Waals surface area (Å²) in [5.74, 6) is 0.338. The lowest BCUT2D eigenvalue weighted by atomic mass is 10.1. The predicted molar refractivity (Wildman–Crippen MR) is 102 cm³/mol. The lowest BCUT2D eigenvalue weighted by Crippen LogP contribution is -2.16. The van der Waals surface area contributed by atoms with Crippen LogP contribution < -0.4 is 10.6 Å². The summed E-state index contributed by atoms with van der Waals surface area (Å²) in [6.45, 7) is 2.06. The monoisotopic (exact) mass is 345 g/mol. The maximum absolute atomic E-state index is 12.6. The molecule has 4 rings (SSSR count). The van der Waals surface area contributed by atoms with Gasteiger partial charge in [0, 0.05) is 28.8 Å². The zero-order valence-corrected chi connectivity index (χ0v) is 14.4. The number of anilines is 2. The molecule has 1 saturated carbocycles. The Morgan fingerprint density at radius 2 is 1.85 bits per heavy atom. The maximum atomic E-state index is 12.6. The van der Waals surface area contributed by atoms with Crippen molar-refractivity contribution in [1.29, 1.82) is 0 Å². The molecule has 1 aromatic heterocycles. The van der Waals surface area contributed by atoms with E-state index in [4.69, 9.17) is 0 Å². The van der Waals surface area contributed by atoms with Gasteiger partial charge in [-0.1, -0.05) is 19.1 Å². The van der Waals surface area contributed by atoms with Crippen molar-refractivity contribution in [1.82, 2.24) is 4.98 Å². The van der Waals surface area contributed by atoms with E-state index in [0.717, 1.165) is 17.3 Å². The molecule has 130 valence electrons. The van der Waals surface area contributed by atoms with Crippen molar-refractivity contribution in [2.75, 3.05) is 10.6 Å². The van der Waals surface area contributed by atoms with E-state index in [1.807, 2.05) is 30.3 Å². The lowest BCUT2D eigenvalue weighted by molar-refractivity contribution is -0.117. The summed E-state index contributed by atoms with van der Waals surface area (Å²) in [6, 6.07) is 16.4. The highest BCUT2D eigenvalue weighted by molar-refractivity contribution is 6.09. The molecular weight excluding hydrogens is 326 g/mol. The second kappa shape index (κ2) is 6.59. The van der Waals surface area contributed by atoms with Crippen LogP contribution in [0, 0.1) is 11.8 Å². The van der Waals surface area contributed by atoms with Crippen LogP contribution in [0.2, 0.25) is 0 Å². The number of aromatic nitrogens is 1. The second-order valence-corrected chi connectivity index (χ2v) is 6.72. The fourth-order valence-electron chi connectivity index (χ4n) is 3.07. The zero-order valence-electron chi connectivity index (χ0n) is 14.4. The van der Waals surface area contributed by atoms with E-state index >= 15 is 0 Å². The van der Waals surface area contributed by atoms with Crippen LogP contribution in [-0.2, 0) is 4.79 Å². The molecule has 3 aromatic rings. The third kappa shape index (κ3) is 3.28. The fourth-order valence-corrected chi connectivity index (χ4v) is 3.07. The van der Waals surface area contributed by atoms with Crippen LogP contribution in [0.4, 0.5) is 11.4 Å². The van der Waals surface area contributed by atoms with Crippen LogP contribution in [0.15, 0.2) is 60.8 Å². The molecule has 0 aliphatic heterocycles. The fraction of sp³-hybridized carbons (Fsp3) is 0.190. The number of benzene rings is 2. The van der Waals surface area contributed by atoms with Crippen molar-refractivity contribution in [2.45, 2.75) is 13.3 Å². The van der Waals surface area contributed by atoms with Crippen molar-refractivity contribution in [3.8, 4) is 0 Å². The quantitative estimate of drug-likeness (QED) is 0.748. The first kappa shape index (κ1) is 16.3. The highest BCUT2D eigenvalue weighted by Crippen LogP contribution is 2.38. The summed E-state index contributed by atoms with van der Waals surface area (Å²) in [7, 11) is 0. The van der Waals surface area contributed by atoms with Gasteiger partial charge in [0.25, 0.3) is 5.91 Å². The molecule has 5 nitrogen and oxygen atoms in total. The van der Waals surface area contributed by atoms with E-state index < -0.39 is 0 Å². The number of carbonyl (C=O) groups excluding carboxylic acids is 2. The number of nitrogens with zero attached hydrogens (tertiary/aromatic N) is 1. The van der Waals surface area contributed by atoms with Crippen LogP contribution in [-0.4, -0.2) is 16.8 Å². The number of nitrogens with one attached hydrogen (secondary N) is 2. The molecule has 0 saturated heterocycles. The van der Waals surface area contributed by atoms with Gasteiger partial charge in [-0.05, 0) is 54.8 Å². The van der Waals surface area contributed by atoms with Gasteiger partial charge < -0.3 is 10.6 Å². The number of amides is 2. The SMILES string of the molecule is CC1CC1C(=O)Nc1cccc(C(=O)Nc2cccc3ncccc23)c1. The highest BCUT2D eigenvalue weighted by Gasteiger charge is 2.39. The Hall–Kier alpha value is -3.21. The number of carbonyl (C=O) groups is 2. The Morgan fingerprint density at radius 3 is 2.65 bits per heavy atom. The standard InChI is InChI=1S/C21H19N3O2/c1-13-11-17(13)21(26)23-15-6-2-5-14(12-15)20(25)24-19-9-3-8-18-16(19)7-4-10-22-18/h2-10,12-13,17H,11H2,1H3,(H,23,26)(H,24,25). The Bertz CT molecular complexity index is 994. The van der Waals surface area contributed by atoms with Gasteiger partial charge in [-0.3, -0.25) is 14.6 Å². The maximum Gasteiger partial charge on any atom is 0.255 e. The summed E-state index contributed by atoms with van der Waals surface area (Å²) >= 11 is 0. The third-order valence-electron chi connectivity index (χ3n) is 4.73. The van der Waals surface area contributed by atoms with Gasteiger partial charge >= 0.3 is 0 Å². The Labute approximate surface area is 151 Å². The summed E-state index contributed by atoms with van der Waals surface area (Å²) in [6.07, 6.45) is 2.65. The van der Waals surface area contributed by atoms with Crippen LogP contribution in [0.1, 0.15) is 23.7 Å². The van der Waals surface area contributed by atoms with Gasteiger partial charge in [0.05, 0.1) is 11.2 Å². The van der Waals surface area contributed by atoms with Crippen molar-refractivity contribution in [2.24, 2.45) is 11.8 Å². The molecule has 2 N–H and O–H groups in total. The lowest BCUT2D eigenvalue weighted by Gasteiger charge is -2.10. The first-order valence-corrected chi connectivity index (χ1v) is 8.68. The van der Waals surface area contributed by atoms with Gasteiger partial charge in [0.1, 0.15) is 0 Å². The molecule has 2 aromatic carbocycles. The number of hydrogen-bond donors (Lipinski definition) is 2. The first-order chi connectivity index (χ1) is 12.6. The van der Waals surface area contributed by atoms with Gasteiger partial charge in [0.15, 0.2) is 0 Å². The van der Waals surface area contributed by atoms with E-state index in [9.17, 15) is 9.59 Å². The van der Waals surface area contributed by atoms with E-state index in [0.29, 0.717) is 22.9 Å². The average molecular weight is 345 g/mol. The number of rotatable bonds is 4. The van der Waals surface area contributed by atoms with Gasteiger partial charge in [0.2, 0.25) is 5.91 Å². The van der Waals surface area contributed by atoms with Gasteiger partial charge in [-0.25, -0.2) is 0 Å². The minimum Gasteiger partial charge on any atom is -0.326 e. The van der Waals surface area contributed by atoms with Crippen molar-refractivity contribution in [3.05, 3.63) is 66.4 Å². The molecular formula is C21H19N3O2. The molecule has 26 heavy (non-hydrogen) atoms. The number of pyridine rings is 1. The van der Waals surface area contributed by atoms with E-state index in [1.54, 1.807) is 30.5 Å². The molecule has 0 radical (unpaired) electrons. The van der Waals surface area contributed by atoms with Crippen molar-refractivity contribution >= 4 is 34.1 Å². The largest absolute Gasteiger partial charge is 0.326 e. The molecule has 1 heterocycles. The predicted octanol–water partition coefficient (Wildman–Crippen LogP) is 4.08. The molecule has 2 atom stereocenters. The summed E-state index contributed by atoms with van der Waals surface area (Å²) < 4.78 is 0. The zero-order chi connectivity index (χ0) is 18.1. The van der Waals surface area contributed by atoms with Crippen LogP contribution in [0.3, 0.4) is 0 Å². The Balaban J connectivity index is 1.53. The summed E-state index contributed by atoms with van der Waals surface area (Å²) in [5.41, 5.74) is 2.67. The molecule has 5 heteroatoms. The Kier molecular flexibility index (Phi) is 4.13.